The number of phenolic OH excluding ortho intramolecular Hbond substituents is 1. The SMILES string of the molecule is C=Cc1cccc(O)c1.CCO. The second-order valence-electron chi connectivity index (χ2n) is 2.12. The number of hydrogen-bond acceptors (Lipinski definition) is 2. The van der Waals surface area contributed by atoms with E-state index in [0.29, 0.717) is 0 Å². The second-order valence-corrected chi connectivity index (χ2v) is 2.12. The Balaban J connectivity index is 0.000000354. The summed E-state index contributed by atoms with van der Waals surface area (Å²) in [6, 6.07) is 6.96. The third kappa shape index (κ3) is 4.52. The quantitative estimate of drug-likeness (QED) is 0.670. The van der Waals surface area contributed by atoms with Crippen molar-refractivity contribution in [1.29, 1.82) is 0 Å². The molecule has 0 bridgehead atoms. The molecule has 2 nitrogen and oxygen atoms in total. The van der Waals surface area contributed by atoms with Crippen LogP contribution < -0.4 is 0 Å². The zero-order chi connectivity index (χ0) is 9.40. The lowest BCUT2D eigenvalue weighted by Gasteiger charge is -1.91. The molecular formula is C10H14O2. The van der Waals surface area contributed by atoms with E-state index in [4.69, 9.17) is 10.2 Å². The number of benzene rings is 1. The smallest absolute Gasteiger partial charge is 0.116 e. The van der Waals surface area contributed by atoms with Crippen LogP contribution in [0.15, 0.2) is 30.8 Å². The maximum absolute atomic E-state index is 8.90. The molecule has 1 rings (SSSR count). The Kier molecular flexibility index (Phi) is 5.75. The highest BCUT2D eigenvalue weighted by Gasteiger charge is 1.85. The molecule has 0 radical (unpaired) electrons. The molecule has 0 unspecified atom stereocenters. The van der Waals surface area contributed by atoms with Gasteiger partial charge in [0.05, 0.1) is 0 Å². The first-order valence-corrected chi connectivity index (χ1v) is 3.77. The van der Waals surface area contributed by atoms with Crippen LogP contribution >= 0.6 is 0 Å². The minimum Gasteiger partial charge on any atom is -0.508 e. The lowest BCUT2D eigenvalue weighted by Crippen LogP contribution is -1.67. The molecule has 0 aromatic heterocycles. The van der Waals surface area contributed by atoms with Gasteiger partial charge in [-0.05, 0) is 24.6 Å². The van der Waals surface area contributed by atoms with Crippen molar-refractivity contribution in [1.82, 2.24) is 0 Å². The van der Waals surface area contributed by atoms with Crippen LogP contribution in [0.3, 0.4) is 0 Å². The highest BCUT2D eigenvalue weighted by molar-refractivity contribution is 5.49. The predicted octanol–water partition coefficient (Wildman–Crippen LogP) is 2.03. The van der Waals surface area contributed by atoms with E-state index in [0.717, 1.165) is 5.56 Å². The van der Waals surface area contributed by atoms with Gasteiger partial charge in [-0.25, -0.2) is 0 Å². The van der Waals surface area contributed by atoms with Gasteiger partial charge in [-0.15, -0.1) is 0 Å². The lowest BCUT2D eigenvalue weighted by molar-refractivity contribution is 0.318. The lowest BCUT2D eigenvalue weighted by atomic mass is 10.2. The maximum atomic E-state index is 8.90. The average molecular weight is 166 g/mol. The standard InChI is InChI=1S/C8H8O.C2H6O/c1-2-7-4-3-5-8(9)6-7;1-2-3/h2-6,9H,1H2;3H,2H2,1H3. The van der Waals surface area contributed by atoms with Gasteiger partial charge in [-0.2, -0.15) is 0 Å². The van der Waals surface area contributed by atoms with E-state index in [9.17, 15) is 0 Å². The van der Waals surface area contributed by atoms with E-state index < -0.39 is 0 Å². The zero-order valence-electron chi connectivity index (χ0n) is 7.20. The Bertz CT molecular complexity index is 231. The molecule has 12 heavy (non-hydrogen) atoms. The third-order valence-corrected chi connectivity index (χ3v) is 1.11. The van der Waals surface area contributed by atoms with Crippen LogP contribution in [0.1, 0.15) is 12.5 Å². The van der Waals surface area contributed by atoms with Gasteiger partial charge in [-0.3, -0.25) is 0 Å². The van der Waals surface area contributed by atoms with Crippen molar-refractivity contribution in [2.45, 2.75) is 6.92 Å². The first-order valence-electron chi connectivity index (χ1n) is 3.77. The fourth-order valence-electron chi connectivity index (χ4n) is 0.652. The van der Waals surface area contributed by atoms with Gasteiger partial charge >= 0.3 is 0 Å². The number of rotatable bonds is 1. The van der Waals surface area contributed by atoms with Crippen molar-refractivity contribution in [3.8, 4) is 5.75 Å². The van der Waals surface area contributed by atoms with Crippen LogP contribution in [0.5, 0.6) is 5.75 Å². The Hall–Kier alpha value is -1.28. The fraction of sp³-hybridized carbons (Fsp3) is 0.200. The van der Waals surface area contributed by atoms with E-state index in [1.165, 1.54) is 0 Å². The second kappa shape index (κ2) is 6.43. The van der Waals surface area contributed by atoms with Gasteiger partial charge in [0.1, 0.15) is 5.75 Å². The van der Waals surface area contributed by atoms with Crippen LogP contribution in [-0.4, -0.2) is 16.8 Å². The van der Waals surface area contributed by atoms with Crippen molar-refractivity contribution in [2.75, 3.05) is 6.61 Å². The fourth-order valence-corrected chi connectivity index (χ4v) is 0.652. The first kappa shape index (κ1) is 10.7. The van der Waals surface area contributed by atoms with Crippen LogP contribution in [-0.2, 0) is 0 Å². The number of aliphatic hydroxyl groups is 1. The zero-order valence-corrected chi connectivity index (χ0v) is 7.20. The molecule has 66 valence electrons. The Morgan fingerprint density at radius 3 is 2.42 bits per heavy atom. The number of phenols is 1. The van der Waals surface area contributed by atoms with E-state index in [-0.39, 0.29) is 12.4 Å². The number of hydrogen-bond donors (Lipinski definition) is 2. The molecule has 0 aliphatic carbocycles. The van der Waals surface area contributed by atoms with Crippen LogP contribution in [0.4, 0.5) is 0 Å². The normalized spacial score (nSPS) is 8.17. The minimum absolute atomic E-state index is 0.250. The van der Waals surface area contributed by atoms with E-state index in [2.05, 4.69) is 6.58 Å². The Morgan fingerprint density at radius 2 is 2.08 bits per heavy atom. The van der Waals surface area contributed by atoms with Crippen molar-refractivity contribution in [2.24, 2.45) is 0 Å². The van der Waals surface area contributed by atoms with E-state index in [1.807, 2.05) is 6.07 Å². The van der Waals surface area contributed by atoms with Gasteiger partial charge < -0.3 is 10.2 Å². The summed E-state index contributed by atoms with van der Waals surface area (Å²) < 4.78 is 0. The third-order valence-electron chi connectivity index (χ3n) is 1.11. The average Bonchev–Trinajstić information content (AvgIpc) is 2.06. The molecule has 2 heteroatoms. The summed E-state index contributed by atoms with van der Waals surface area (Å²) in [7, 11) is 0. The van der Waals surface area contributed by atoms with Gasteiger partial charge in [0.2, 0.25) is 0 Å². The van der Waals surface area contributed by atoms with E-state index in [1.54, 1.807) is 31.2 Å². The van der Waals surface area contributed by atoms with Crippen LogP contribution in [0.25, 0.3) is 6.08 Å². The van der Waals surface area contributed by atoms with Gasteiger partial charge in [-0.1, -0.05) is 24.8 Å². The Labute approximate surface area is 72.8 Å². The monoisotopic (exact) mass is 166 g/mol. The summed E-state index contributed by atoms with van der Waals surface area (Å²) in [6.07, 6.45) is 1.69. The van der Waals surface area contributed by atoms with Gasteiger partial charge in [0.15, 0.2) is 0 Å². The largest absolute Gasteiger partial charge is 0.508 e. The van der Waals surface area contributed by atoms with Gasteiger partial charge in [0, 0.05) is 6.61 Å². The van der Waals surface area contributed by atoms with Crippen molar-refractivity contribution in [3.05, 3.63) is 36.4 Å². The summed E-state index contributed by atoms with van der Waals surface area (Å²) in [5, 5.41) is 16.5. The first-order chi connectivity index (χ1) is 5.74. The minimum atomic E-state index is 0.250. The summed E-state index contributed by atoms with van der Waals surface area (Å²) in [6.45, 7) is 5.49. The summed E-state index contributed by atoms with van der Waals surface area (Å²) in [5.41, 5.74) is 0.940. The van der Waals surface area contributed by atoms with Crippen molar-refractivity contribution in [3.63, 3.8) is 0 Å². The molecule has 0 fully saturated rings. The summed E-state index contributed by atoms with van der Waals surface area (Å²) in [4.78, 5) is 0. The molecule has 1 aromatic carbocycles. The maximum Gasteiger partial charge on any atom is 0.116 e. The molecule has 0 saturated carbocycles. The molecule has 0 heterocycles. The van der Waals surface area contributed by atoms with Gasteiger partial charge in [0.25, 0.3) is 0 Å². The molecule has 0 aliphatic rings. The van der Waals surface area contributed by atoms with Crippen molar-refractivity contribution < 1.29 is 10.2 Å². The topological polar surface area (TPSA) is 40.5 Å². The Morgan fingerprint density at radius 1 is 1.50 bits per heavy atom. The molecule has 0 atom stereocenters. The molecule has 1 aromatic rings. The molecule has 0 spiro atoms. The molecular weight excluding hydrogens is 152 g/mol. The van der Waals surface area contributed by atoms with Crippen LogP contribution in [0, 0.1) is 0 Å². The molecule has 0 amide bonds. The number of aliphatic hydroxyl groups excluding tert-OH is 1. The molecule has 0 saturated heterocycles. The molecule has 0 aliphatic heterocycles. The highest BCUT2D eigenvalue weighted by atomic mass is 16.3. The predicted molar refractivity (Wildman–Crippen MR) is 51.0 cm³/mol. The summed E-state index contributed by atoms with van der Waals surface area (Å²) >= 11 is 0. The van der Waals surface area contributed by atoms with E-state index >= 15 is 0 Å². The highest BCUT2D eigenvalue weighted by Crippen LogP contribution is 2.10. The summed E-state index contributed by atoms with van der Waals surface area (Å²) in [5.74, 6) is 0.285. The number of aromatic hydroxyl groups is 1. The van der Waals surface area contributed by atoms with Crippen LogP contribution in [0.2, 0.25) is 0 Å². The molecule has 2 N–H and O–H groups in total. The van der Waals surface area contributed by atoms with Crippen molar-refractivity contribution >= 4 is 6.08 Å².